The molecule has 0 amide bonds. The molecule has 1 N–H and O–H groups in total. The van der Waals surface area contributed by atoms with Gasteiger partial charge in [0.05, 0.1) is 33.4 Å². The highest BCUT2D eigenvalue weighted by Gasteiger charge is 2.55. The van der Waals surface area contributed by atoms with E-state index in [9.17, 15) is 9.90 Å². The van der Waals surface area contributed by atoms with Crippen LogP contribution in [0.25, 0.3) is 0 Å². The number of hydrogen-bond acceptors (Lipinski definition) is 9. The van der Waals surface area contributed by atoms with E-state index < -0.39 is 31.9 Å². The monoisotopic (exact) mass is 504 g/mol. The van der Waals surface area contributed by atoms with Crippen molar-refractivity contribution in [2.75, 3.05) is 34.7 Å². The molecule has 0 spiro atoms. The largest absolute Gasteiger partial charge is 0.493 e. The van der Waals surface area contributed by atoms with E-state index in [4.69, 9.17) is 32.8 Å². The van der Waals surface area contributed by atoms with Crippen molar-refractivity contribution < 1.29 is 42.7 Å². The maximum Gasteiger partial charge on any atom is 0.339 e. The van der Waals surface area contributed by atoms with Crippen LogP contribution in [0.4, 0.5) is 0 Å². The third kappa shape index (κ3) is 4.91. The molecule has 0 unspecified atom stereocenters. The zero-order chi connectivity index (χ0) is 25.4. The Hall–Kier alpha value is -2.95. The van der Waals surface area contributed by atoms with Gasteiger partial charge in [0.25, 0.3) is 0 Å². The van der Waals surface area contributed by atoms with Crippen LogP contribution in [0.2, 0.25) is 19.6 Å². The molecule has 190 valence electrons. The Morgan fingerprint density at radius 3 is 2.26 bits per heavy atom. The van der Waals surface area contributed by atoms with E-state index in [0.717, 1.165) is 5.56 Å². The maximum absolute atomic E-state index is 13.0. The Kier molecular flexibility index (Phi) is 6.89. The summed E-state index contributed by atoms with van der Waals surface area (Å²) in [5, 5.41) is 11.8. The summed E-state index contributed by atoms with van der Waals surface area (Å²) in [6.45, 7) is 6.34. The van der Waals surface area contributed by atoms with E-state index >= 15 is 0 Å². The zero-order valence-electron chi connectivity index (χ0n) is 20.9. The molecule has 1 saturated heterocycles. The molecular formula is C25H32O9Si. The molecule has 0 aliphatic carbocycles. The Bertz CT molecular complexity index is 1070. The lowest BCUT2D eigenvalue weighted by molar-refractivity contribution is -0.155. The Balaban J connectivity index is 1.74. The summed E-state index contributed by atoms with van der Waals surface area (Å²) < 4.78 is 39.3. The Labute approximate surface area is 205 Å². The molecule has 1 fully saturated rings. The van der Waals surface area contributed by atoms with E-state index in [1.165, 1.54) is 21.3 Å². The number of ether oxygens (including phenoxy) is 6. The normalized spacial score (nSPS) is 22.0. The van der Waals surface area contributed by atoms with Crippen molar-refractivity contribution >= 4 is 14.3 Å². The van der Waals surface area contributed by atoms with Gasteiger partial charge >= 0.3 is 5.97 Å². The third-order valence-corrected chi connectivity index (χ3v) is 7.09. The lowest BCUT2D eigenvalue weighted by Gasteiger charge is -2.36. The molecule has 10 heteroatoms. The van der Waals surface area contributed by atoms with E-state index in [1.807, 2.05) is 18.2 Å². The average molecular weight is 505 g/mol. The van der Waals surface area contributed by atoms with Crippen molar-refractivity contribution in [1.82, 2.24) is 0 Å². The molecule has 2 aliphatic heterocycles. The second kappa shape index (κ2) is 9.60. The fourth-order valence-electron chi connectivity index (χ4n) is 4.52. The molecular weight excluding hydrogens is 472 g/mol. The number of aliphatic hydroxyl groups is 1. The van der Waals surface area contributed by atoms with Gasteiger partial charge in [-0.05, 0) is 55.0 Å². The van der Waals surface area contributed by atoms with Crippen molar-refractivity contribution in [1.29, 1.82) is 0 Å². The fraction of sp³-hybridized carbons (Fsp3) is 0.480. The summed E-state index contributed by atoms with van der Waals surface area (Å²) >= 11 is 0. The van der Waals surface area contributed by atoms with Crippen molar-refractivity contribution in [3.63, 3.8) is 0 Å². The molecule has 9 nitrogen and oxygen atoms in total. The molecule has 3 atom stereocenters. The average Bonchev–Trinajstić information content (AvgIpc) is 3.40. The molecule has 35 heavy (non-hydrogen) atoms. The number of methoxy groups -OCH3 is 3. The Morgan fingerprint density at radius 2 is 1.66 bits per heavy atom. The number of rotatable bonds is 9. The van der Waals surface area contributed by atoms with Crippen molar-refractivity contribution in [3.8, 4) is 28.7 Å². The van der Waals surface area contributed by atoms with Crippen molar-refractivity contribution in [2.45, 2.75) is 37.8 Å². The molecule has 0 saturated carbocycles. The van der Waals surface area contributed by atoms with Crippen LogP contribution in [-0.2, 0) is 20.4 Å². The number of carbonyl (C=O) groups is 1. The summed E-state index contributed by atoms with van der Waals surface area (Å²) in [6.07, 6.45) is -0.627. The highest BCUT2D eigenvalue weighted by atomic mass is 28.4. The fourth-order valence-corrected chi connectivity index (χ4v) is 5.59. The van der Waals surface area contributed by atoms with Gasteiger partial charge in [0.15, 0.2) is 36.9 Å². The number of cyclic esters (lactones) is 1. The number of carbonyl (C=O) groups excluding carboxylic acids is 1. The zero-order valence-corrected chi connectivity index (χ0v) is 21.9. The van der Waals surface area contributed by atoms with Crippen LogP contribution in [0.15, 0.2) is 30.3 Å². The Morgan fingerprint density at radius 1 is 1.00 bits per heavy atom. The van der Waals surface area contributed by atoms with Crippen LogP contribution in [0.3, 0.4) is 0 Å². The first kappa shape index (κ1) is 25.1. The number of benzene rings is 2. The van der Waals surface area contributed by atoms with Gasteiger partial charge in [-0.3, -0.25) is 0 Å². The molecule has 0 bridgehead atoms. The molecule has 2 heterocycles. The van der Waals surface area contributed by atoms with Crippen LogP contribution < -0.4 is 23.7 Å². The van der Waals surface area contributed by atoms with Crippen molar-refractivity contribution in [3.05, 3.63) is 41.5 Å². The first-order valence-corrected chi connectivity index (χ1v) is 14.8. The molecule has 2 aromatic rings. The minimum absolute atomic E-state index is 0.0172. The van der Waals surface area contributed by atoms with Gasteiger partial charge < -0.3 is 38.0 Å². The lowest BCUT2D eigenvalue weighted by Crippen LogP contribution is -2.47. The van der Waals surface area contributed by atoms with Crippen LogP contribution in [-0.4, -0.2) is 59.7 Å². The summed E-state index contributed by atoms with van der Waals surface area (Å²) in [6, 6.07) is 8.97. The SMILES string of the molecule is COc1cc(C[C@@]2(O)C(=O)OC[C@@H]2[C@H](O[Si](C)(C)C)c2ccc3c(c2)OCO3)cc(OC)c1OC. The molecule has 0 radical (unpaired) electrons. The van der Waals surface area contributed by atoms with E-state index in [1.54, 1.807) is 12.1 Å². The smallest absolute Gasteiger partial charge is 0.339 e. The van der Waals surface area contributed by atoms with E-state index in [-0.39, 0.29) is 19.8 Å². The topological polar surface area (TPSA) is 102 Å². The van der Waals surface area contributed by atoms with Crippen LogP contribution in [0.1, 0.15) is 17.2 Å². The second-order valence-electron chi connectivity index (χ2n) is 9.60. The summed E-state index contributed by atoms with van der Waals surface area (Å²) in [7, 11) is 2.42. The molecule has 0 aromatic heterocycles. The first-order valence-electron chi connectivity index (χ1n) is 11.4. The van der Waals surface area contributed by atoms with Gasteiger partial charge in [0.2, 0.25) is 12.5 Å². The van der Waals surface area contributed by atoms with Crippen LogP contribution >= 0.6 is 0 Å². The predicted molar refractivity (Wildman–Crippen MR) is 129 cm³/mol. The van der Waals surface area contributed by atoms with Gasteiger partial charge in [0, 0.05) is 6.42 Å². The third-order valence-electron chi connectivity index (χ3n) is 6.13. The van der Waals surface area contributed by atoms with Gasteiger partial charge in [-0.25, -0.2) is 4.79 Å². The highest BCUT2D eigenvalue weighted by molar-refractivity contribution is 6.69. The molecule has 4 rings (SSSR count). The van der Waals surface area contributed by atoms with Gasteiger partial charge in [-0.2, -0.15) is 0 Å². The highest BCUT2D eigenvalue weighted by Crippen LogP contribution is 2.46. The number of fused-ring (bicyclic) bond motifs is 1. The first-order chi connectivity index (χ1) is 16.6. The van der Waals surface area contributed by atoms with Gasteiger partial charge in [-0.1, -0.05) is 6.07 Å². The second-order valence-corrected chi connectivity index (χ2v) is 14.1. The van der Waals surface area contributed by atoms with E-state index in [2.05, 4.69) is 19.6 Å². The standard InChI is InChI=1S/C25H32O9Si/c1-28-20-9-15(10-21(29-2)23(20)30-3)12-25(27)17(13-31-24(25)26)22(34-35(4,5)6)16-7-8-18-19(11-16)33-14-32-18/h7-11,17,22,27H,12-14H2,1-6H3/t17-,22-,25+/m1/s1. The number of esters is 1. The van der Waals surface area contributed by atoms with E-state index in [0.29, 0.717) is 34.3 Å². The predicted octanol–water partition coefficient (Wildman–Crippen LogP) is 3.48. The van der Waals surface area contributed by atoms with Gasteiger partial charge in [-0.15, -0.1) is 0 Å². The van der Waals surface area contributed by atoms with Crippen LogP contribution in [0.5, 0.6) is 28.7 Å². The summed E-state index contributed by atoms with van der Waals surface area (Å²) in [4.78, 5) is 13.0. The summed E-state index contributed by atoms with van der Waals surface area (Å²) in [5.41, 5.74) is -0.433. The molecule has 2 aromatic carbocycles. The quantitative estimate of drug-likeness (QED) is 0.406. The molecule has 2 aliphatic rings. The maximum atomic E-state index is 13.0. The summed E-state index contributed by atoms with van der Waals surface area (Å²) in [5.74, 6) is 1.18. The minimum Gasteiger partial charge on any atom is -0.493 e. The van der Waals surface area contributed by atoms with Crippen molar-refractivity contribution in [2.24, 2.45) is 5.92 Å². The minimum atomic E-state index is -2.12. The van der Waals surface area contributed by atoms with Gasteiger partial charge in [0.1, 0.15) is 6.61 Å². The van der Waals surface area contributed by atoms with Crippen LogP contribution in [0, 0.1) is 5.92 Å². The lowest BCUT2D eigenvalue weighted by atomic mass is 9.79. The number of hydrogen-bond donors (Lipinski definition) is 1.